The summed E-state index contributed by atoms with van der Waals surface area (Å²) in [6, 6.07) is 13.5. The SMILES string of the molecule is Cc1ccn(-c2nc(NC3CCC(F)(F)CC3)cc(OC3CC(=O)C3)n2)n1.Cc1ccn(-c2nc(NC3CCC(F)(F)CC3)cc(OC3CC(C)(O)C3)n2)n1.Cc1ccn(-c2nc(NC3CCC(F)(F)CC3)cc(OC3CC(F)(F)C3)n2)n1.Cc1ccn(-c2nc(NC3CCC(F)(F)CC3)cc(OC3CC(O)C3)n2)n1. The highest BCUT2D eigenvalue weighted by Gasteiger charge is 2.48. The van der Waals surface area contributed by atoms with Gasteiger partial charge in [0.1, 0.15) is 53.5 Å². The molecule has 8 aromatic heterocycles. The molecule has 8 aliphatic carbocycles. The molecule has 8 saturated carbocycles. The predicted molar refractivity (Wildman–Crippen MR) is 380 cm³/mol. The number of ether oxygens (including phenoxy) is 4. The van der Waals surface area contributed by atoms with E-state index in [1.54, 1.807) is 65.3 Å². The standard InChI is InChI=1S/C19H25F2N5O2.C18H21F4N5O.C18H23F2N5O2.C18H21F2N5O2/c1-12-5-8-26(25-12)17-23-15(22-13-3-6-19(20,21)7-4-13)9-16(24-17)28-14-10-18(2,27)11-14;1-11-4-7-27(26-11)16-24-14(23-12-2-5-17(19,20)6-3-12)8-15(25-16)28-13-9-18(21,22)10-13;2*1-11-4-7-25(24-11)17-22-15(21-12-2-5-18(19,20)6-3-12)10-16(23-17)27-14-8-13(26)9-14/h5,8-9,13-14,27H,3-4,6-7,10-11H2,1-2H3,(H,22,23,24);4,7-8,12-13H,2-3,5-6,9-10H2,1H3,(H,23,24,25);4,7,10,12-14,26H,2-3,5-6,8-9H2,1H3,(H,21,22,23);4,7,10,12,14H,2-3,5-6,8-9H2,1H3,(H,21,22,23). The first-order chi connectivity index (χ1) is 52.1. The van der Waals surface area contributed by atoms with E-state index in [0.717, 1.165) is 22.8 Å². The third kappa shape index (κ3) is 21.9. The number of carbonyl (C=O) groups is 1. The molecule has 0 spiro atoms. The van der Waals surface area contributed by atoms with Crippen molar-refractivity contribution in [2.45, 2.75) is 279 Å². The average Bonchev–Trinajstić information content (AvgIpc) is 1.02. The zero-order chi connectivity index (χ0) is 77.9. The van der Waals surface area contributed by atoms with Crippen molar-refractivity contribution < 1.29 is 77.9 Å². The van der Waals surface area contributed by atoms with Crippen molar-refractivity contribution in [1.82, 2.24) is 79.0 Å². The molecule has 0 saturated heterocycles. The van der Waals surface area contributed by atoms with Crippen LogP contribution in [0.1, 0.15) is 184 Å². The number of hydrogen-bond acceptors (Lipinski definition) is 23. The van der Waals surface area contributed by atoms with Crippen LogP contribution in [0.3, 0.4) is 0 Å². The predicted octanol–water partition coefficient (Wildman–Crippen LogP) is 13.3. The summed E-state index contributed by atoms with van der Waals surface area (Å²) in [5, 5.41) is 49.4. The maximum absolute atomic E-state index is 13.4. The van der Waals surface area contributed by atoms with Gasteiger partial charge in [0.05, 0.1) is 34.5 Å². The van der Waals surface area contributed by atoms with Gasteiger partial charge in [0.15, 0.2) is 0 Å². The average molecular weight is 1550 g/mol. The Labute approximate surface area is 626 Å². The molecule has 6 N–H and O–H groups in total. The molecule has 0 unspecified atom stereocenters. The Kier molecular flexibility index (Phi) is 23.2. The number of alkyl halides is 10. The molecule has 0 aliphatic heterocycles. The summed E-state index contributed by atoms with van der Waals surface area (Å²) in [7, 11) is 0. The lowest BCUT2D eigenvalue weighted by molar-refractivity contribution is -0.135. The number of aliphatic hydroxyl groups excluding tert-OH is 1. The van der Waals surface area contributed by atoms with Crippen molar-refractivity contribution in [3.8, 4) is 47.3 Å². The number of anilines is 4. The van der Waals surface area contributed by atoms with Crippen molar-refractivity contribution in [3.63, 3.8) is 0 Å². The molecule has 594 valence electrons. The van der Waals surface area contributed by atoms with E-state index in [1.165, 1.54) is 15.4 Å². The molecule has 0 amide bonds. The van der Waals surface area contributed by atoms with E-state index < -0.39 is 41.3 Å². The Morgan fingerprint density at radius 3 is 0.864 bits per heavy atom. The van der Waals surface area contributed by atoms with Gasteiger partial charge in [-0.1, -0.05) is 0 Å². The first-order valence-electron chi connectivity index (χ1n) is 37.3. The number of hydrogen-bond donors (Lipinski definition) is 6. The largest absolute Gasteiger partial charge is 0.474 e. The van der Waals surface area contributed by atoms with E-state index in [1.807, 2.05) is 45.9 Å². The Bertz CT molecular complexity index is 4270. The summed E-state index contributed by atoms with van der Waals surface area (Å²) in [4.78, 5) is 46.5. The second-order valence-corrected chi connectivity index (χ2v) is 30.5. The maximum Gasteiger partial charge on any atom is 0.255 e. The monoisotopic (exact) mass is 1550 g/mol. The lowest BCUT2D eigenvalue weighted by atomic mass is 9.79. The van der Waals surface area contributed by atoms with E-state index in [-0.39, 0.29) is 130 Å². The van der Waals surface area contributed by atoms with Gasteiger partial charge in [-0.15, -0.1) is 0 Å². The Hall–Kier alpha value is -9.55. The molecule has 8 aliphatic rings. The van der Waals surface area contributed by atoms with Gasteiger partial charge in [0, 0.05) is 176 Å². The minimum Gasteiger partial charge on any atom is -0.474 e. The van der Waals surface area contributed by atoms with Gasteiger partial charge in [-0.3, -0.25) is 4.79 Å². The van der Waals surface area contributed by atoms with Crippen LogP contribution >= 0.6 is 0 Å². The van der Waals surface area contributed by atoms with Gasteiger partial charge in [0.25, 0.3) is 29.7 Å². The first-order valence-corrected chi connectivity index (χ1v) is 37.3. The highest BCUT2D eigenvalue weighted by molar-refractivity contribution is 5.85. The molecule has 27 nitrogen and oxygen atoms in total. The number of nitrogens with one attached hydrogen (secondary N) is 4. The number of Topliss-reactive ketones (excluding diaryl/α,β-unsaturated/α-hetero) is 1. The topological polar surface area (TPSA) is 317 Å². The number of ketones is 1. The Morgan fingerprint density at radius 1 is 0.382 bits per heavy atom. The van der Waals surface area contributed by atoms with Crippen molar-refractivity contribution in [3.05, 3.63) is 96.1 Å². The number of aryl methyl sites for hydroxylation is 4. The smallest absolute Gasteiger partial charge is 0.255 e. The second-order valence-electron chi connectivity index (χ2n) is 30.5. The van der Waals surface area contributed by atoms with E-state index in [0.29, 0.717) is 149 Å². The summed E-state index contributed by atoms with van der Waals surface area (Å²) >= 11 is 0. The van der Waals surface area contributed by atoms with Crippen molar-refractivity contribution >= 4 is 29.1 Å². The minimum absolute atomic E-state index is 0.0647. The Morgan fingerprint density at radius 2 is 0.636 bits per heavy atom. The maximum atomic E-state index is 13.4. The number of aliphatic hydroxyl groups is 2. The molecule has 8 heterocycles. The van der Waals surface area contributed by atoms with Crippen LogP contribution in [0.15, 0.2) is 73.3 Å². The molecule has 0 atom stereocenters. The molecule has 0 bridgehead atoms. The fourth-order valence-corrected chi connectivity index (χ4v) is 13.8. The number of halogens is 10. The summed E-state index contributed by atoms with van der Waals surface area (Å²) in [5.41, 5.74) is 2.54. The highest BCUT2D eigenvalue weighted by atomic mass is 19.3. The van der Waals surface area contributed by atoms with Crippen LogP contribution in [0.25, 0.3) is 23.8 Å². The van der Waals surface area contributed by atoms with Crippen LogP contribution in [0.5, 0.6) is 23.5 Å². The third-order valence-corrected chi connectivity index (χ3v) is 20.3. The van der Waals surface area contributed by atoms with E-state index >= 15 is 0 Å². The van der Waals surface area contributed by atoms with Crippen molar-refractivity contribution in [2.75, 3.05) is 21.3 Å². The summed E-state index contributed by atoms with van der Waals surface area (Å²) in [6.45, 7) is 9.19. The molecular weight excluding hydrogens is 1460 g/mol. The number of carbonyl (C=O) groups excluding carboxylic acids is 1. The minimum atomic E-state index is -2.70. The number of aromatic nitrogens is 16. The Balaban J connectivity index is 0.000000129. The van der Waals surface area contributed by atoms with E-state index in [2.05, 4.69) is 81.5 Å². The molecule has 0 aromatic carbocycles. The molecule has 0 radical (unpaired) electrons. The second kappa shape index (κ2) is 32.4. The van der Waals surface area contributed by atoms with Gasteiger partial charge < -0.3 is 50.4 Å². The van der Waals surface area contributed by atoms with E-state index in [4.69, 9.17) is 18.9 Å². The fourth-order valence-electron chi connectivity index (χ4n) is 13.8. The first kappa shape index (κ1) is 78.6. The van der Waals surface area contributed by atoms with Gasteiger partial charge in [-0.05, 0) is 110 Å². The van der Waals surface area contributed by atoms with Crippen molar-refractivity contribution in [2.24, 2.45) is 0 Å². The quantitative estimate of drug-likeness (QED) is 0.0386. The van der Waals surface area contributed by atoms with Crippen LogP contribution in [-0.4, -0.2) is 185 Å². The number of nitrogens with zero attached hydrogens (tertiary/aromatic N) is 16. The van der Waals surface area contributed by atoms with Crippen LogP contribution in [-0.2, 0) is 4.79 Å². The fraction of sp³-hybridized carbons (Fsp3) is 0.603. The summed E-state index contributed by atoms with van der Waals surface area (Å²) < 4.78 is 162. The molecular formula is C73H90F10N20O7. The van der Waals surface area contributed by atoms with Gasteiger partial charge in [-0.2, -0.15) is 60.3 Å². The third-order valence-electron chi connectivity index (χ3n) is 20.3. The van der Waals surface area contributed by atoms with Gasteiger partial charge in [0.2, 0.25) is 47.2 Å². The van der Waals surface area contributed by atoms with Gasteiger partial charge >= 0.3 is 0 Å². The summed E-state index contributed by atoms with van der Waals surface area (Å²) in [5.74, 6) is -8.42. The molecule has 16 rings (SSSR count). The van der Waals surface area contributed by atoms with E-state index in [9.17, 15) is 58.9 Å². The highest BCUT2D eigenvalue weighted by Crippen LogP contribution is 2.42. The molecule has 8 fully saturated rings. The lowest BCUT2D eigenvalue weighted by Gasteiger charge is -2.40. The van der Waals surface area contributed by atoms with Crippen LogP contribution < -0.4 is 40.2 Å². The van der Waals surface area contributed by atoms with Gasteiger partial charge in [-0.25, -0.2) is 62.6 Å². The molecule has 110 heavy (non-hydrogen) atoms. The summed E-state index contributed by atoms with van der Waals surface area (Å²) in [6.07, 6.45) is 9.70. The molecule has 37 heteroatoms. The van der Waals surface area contributed by atoms with Crippen molar-refractivity contribution in [1.29, 1.82) is 0 Å². The van der Waals surface area contributed by atoms with Crippen LogP contribution in [0.2, 0.25) is 0 Å². The van der Waals surface area contributed by atoms with Crippen LogP contribution in [0.4, 0.5) is 67.2 Å². The zero-order valence-electron chi connectivity index (χ0n) is 61.5. The molecule has 8 aromatic rings. The van der Waals surface area contributed by atoms with Crippen LogP contribution in [0, 0.1) is 27.7 Å². The number of rotatable bonds is 20. The zero-order valence-corrected chi connectivity index (χ0v) is 61.5. The normalized spacial score (nSPS) is 23.6. The lowest BCUT2D eigenvalue weighted by Crippen LogP contribution is -2.47.